The topological polar surface area (TPSA) is 136 Å². The van der Waals surface area contributed by atoms with E-state index in [4.69, 9.17) is 16.6 Å². The number of nitrogen functional groups attached to an aromatic ring is 1. The summed E-state index contributed by atoms with van der Waals surface area (Å²) >= 11 is 0. The van der Waals surface area contributed by atoms with E-state index in [0.29, 0.717) is 12.1 Å². The Hall–Kier alpha value is -1.64. The number of carbonyl (C=O) groups excluding carboxylic acids is 1. The lowest BCUT2D eigenvalue weighted by atomic mass is 10.1. The number of carbonyl (C=O) groups is 1. The Labute approximate surface area is 111 Å². The van der Waals surface area contributed by atoms with Crippen LogP contribution < -0.4 is 16.2 Å². The van der Waals surface area contributed by atoms with Gasteiger partial charge in [0, 0.05) is 12.2 Å². The molecule has 0 saturated carbocycles. The van der Waals surface area contributed by atoms with Crippen LogP contribution in [0.5, 0.6) is 0 Å². The predicted octanol–water partition coefficient (Wildman–Crippen LogP) is -1.04. The van der Waals surface area contributed by atoms with E-state index in [-0.39, 0.29) is 4.90 Å². The zero-order valence-electron chi connectivity index (χ0n) is 10.5. The first-order valence-corrected chi connectivity index (χ1v) is 7.11. The Bertz CT molecular complexity index is 571. The first kappa shape index (κ1) is 15.4. The third-order valence-corrected chi connectivity index (χ3v) is 4.02. The Morgan fingerprint density at radius 2 is 2.11 bits per heavy atom. The molecule has 19 heavy (non-hydrogen) atoms. The number of benzene rings is 1. The van der Waals surface area contributed by atoms with E-state index < -0.39 is 28.6 Å². The van der Waals surface area contributed by atoms with Crippen LogP contribution in [0.15, 0.2) is 23.1 Å². The number of hydrogen-bond acceptors (Lipinski definition) is 5. The van der Waals surface area contributed by atoms with Gasteiger partial charge in [0.2, 0.25) is 15.9 Å². The molecule has 1 aromatic rings. The number of primary amides is 1. The molecule has 0 aromatic heterocycles. The number of nitrogens with one attached hydrogen (secondary N) is 1. The Kier molecular flexibility index (Phi) is 4.87. The first-order valence-electron chi connectivity index (χ1n) is 5.63. The fourth-order valence-corrected chi connectivity index (χ4v) is 2.51. The molecular formula is C11H17N3O4S. The van der Waals surface area contributed by atoms with Crippen LogP contribution in [0.4, 0.5) is 5.69 Å². The maximum Gasteiger partial charge on any atom is 0.247 e. The molecule has 1 aromatic carbocycles. The van der Waals surface area contributed by atoms with Crippen molar-refractivity contribution in [2.24, 2.45) is 5.73 Å². The quantitative estimate of drug-likeness (QED) is 0.495. The van der Waals surface area contributed by atoms with Crippen LogP contribution in [0.3, 0.4) is 0 Å². The van der Waals surface area contributed by atoms with Crippen LogP contribution in [0.1, 0.15) is 12.5 Å². The van der Waals surface area contributed by atoms with Gasteiger partial charge in [-0.25, -0.2) is 13.1 Å². The zero-order chi connectivity index (χ0) is 14.6. The Morgan fingerprint density at radius 3 is 2.58 bits per heavy atom. The fourth-order valence-electron chi connectivity index (χ4n) is 1.43. The molecule has 0 bridgehead atoms. The number of aryl methyl sites for hydroxylation is 1. The van der Waals surface area contributed by atoms with Gasteiger partial charge in [-0.3, -0.25) is 4.79 Å². The van der Waals surface area contributed by atoms with Crippen molar-refractivity contribution in [3.05, 3.63) is 23.8 Å². The zero-order valence-corrected chi connectivity index (χ0v) is 11.3. The SMILES string of the molecule is CCc1ccc(S(=O)(=O)NCC(O)C(N)=O)cc1N. The number of amides is 1. The maximum absolute atomic E-state index is 11.9. The van der Waals surface area contributed by atoms with Crippen molar-refractivity contribution in [2.75, 3.05) is 12.3 Å². The van der Waals surface area contributed by atoms with Gasteiger partial charge in [0.1, 0.15) is 6.10 Å². The average Bonchev–Trinajstić information content (AvgIpc) is 2.35. The molecule has 0 aliphatic carbocycles. The highest BCUT2D eigenvalue weighted by atomic mass is 32.2. The van der Waals surface area contributed by atoms with Crippen molar-refractivity contribution in [1.29, 1.82) is 0 Å². The van der Waals surface area contributed by atoms with E-state index in [1.54, 1.807) is 6.07 Å². The summed E-state index contributed by atoms with van der Waals surface area (Å²) in [4.78, 5) is 10.6. The highest BCUT2D eigenvalue weighted by Crippen LogP contribution is 2.18. The van der Waals surface area contributed by atoms with E-state index in [9.17, 15) is 13.2 Å². The van der Waals surface area contributed by atoms with Crippen molar-refractivity contribution in [3.8, 4) is 0 Å². The number of hydrogen-bond donors (Lipinski definition) is 4. The number of aliphatic hydroxyl groups is 1. The van der Waals surface area contributed by atoms with E-state index in [2.05, 4.69) is 4.72 Å². The van der Waals surface area contributed by atoms with Crippen LogP contribution in [0.25, 0.3) is 0 Å². The molecule has 6 N–H and O–H groups in total. The summed E-state index contributed by atoms with van der Waals surface area (Å²) in [6.07, 6.45) is -0.873. The normalized spacial score (nSPS) is 13.2. The van der Waals surface area contributed by atoms with Gasteiger partial charge in [-0.05, 0) is 24.1 Å². The van der Waals surface area contributed by atoms with Gasteiger partial charge in [0.25, 0.3) is 0 Å². The van der Waals surface area contributed by atoms with Gasteiger partial charge in [0.05, 0.1) is 4.90 Å². The highest BCUT2D eigenvalue weighted by Gasteiger charge is 2.18. The first-order chi connectivity index (χ1) is 8.77. The monoisotopic (exact) mass is 287 g/mol. The molecule has 0 saturated heterocycles. The molecule has 0 heterocycles. The predicted molar refractivity (Wildman–Crippen MR) is 70.6 cm³/mol. The second kappa shape index (κ2) is 6.00. The van der Waals surface area contributed by atoms with E-state index in [1.807, 2.05) is 6.92 Å². The standard InChI is InChI=1S/C11H17N3O4S/c1-2-7-3-4-8(5-9(7)12)19(17,18)14-6-10(15)11(13)16/h3-5,10,14-15H,2,6,12H2,1H3,(H2,13,16). The van der Waals surface area contributed by atoms with Crippen molar-refractivity contribution >= 4 is 21.6 Å². The van der Waals surface area contributed by atoms with Crippen molar-refractivity contribution in [3.63, 3.8) is 0 Å². The summed E-state index contributed by atoms with van der Waals surface area (Å²) < 4.78 is 25.8. The molecule has 8 heteroatoms. The molecule has 1 unspecified atom stereocenters. The molecule has 0 aliphatic heterocycles. The van der Waals surface area contributed by atoms with Gasteiger partial charge < -0.3 is 16.6 Å². The van der Waals surface area contributed by atoms with E-state index >= 15 is 0 Å². The average molecular weight is 287 g/mol. The smallest absolute Gasteiger partial charge is 0.247 e. The lowest BCUT2D eigenvalue weighted by Gasteiger charge is -2.11. The van der Waals surface area contributed by atoms with Gasteiger partial charge in [-0.15, -0.1) is 0 Å². The Balaban J connectivity index is 2.89. The number of aliphatic hydroxyl groups excluding tert-OH is 1. The minimum absolute atomic E-state index is 0.0288. The molecule has 1 amide bonds. The van der Waals surface area contributed by atoms with E-state index in [0.717, 1.165) is 5.56 Å². The Morgan fingerprint density at radius 1 is 1.47 bits per heavy atom. The summed E-state index contributed by atoms with van der Waals surface area (Å²) in [5.74, 6) is -0.997. The van der Waals surface area contributed by atoms with Crippen LogP contribution in [0, 0.1) is 0 Å². The largest absolute Gasteiger partial charge is 0.398 e. The number of rotatable bonds is 6. The van der Waals surface area contributed by atoms with E-state index in [1.165, 1.54) is 12.1 Å². The lowest BCUT2D eigenvalue weighted by Crippen LogP contribution is -2.39. The molecule has 0 radical (unpaired) electrons. The van der Waals surface area contributed by atoms with Crippen LogP contribution in [-0.4, -0.2) is 32.1 Å². The third-order valence-electron chi connectivity index (χ3n) is 2.60. The maximum atomic E-state index is 11.9. The summed E-state index contributed by atoms with van der Waals surface area (Å²) in [6, 6.07) is 4.36. The second-order valence-electron chi connectivity index (χ2n) is 3.98. The van der Waals surface area contributed by atoms with Gasteiger partial charge >= 0.3 is 0 Å². The number of anilines is 1. The highest BCUT2D eigenvalue weighted by molar-refractivity contribution is 7.89. The summed E-state index contributed by atoms with van der Waals surface area (Å²) in [5, 5.41) is 9.15. The van der Waals surface area contributed by atoms with Crippen molar-refractivity contribution in [2.45, 2.75) is 24.3 Å². The molecule has 1 rings (SSSR count). The summed E-state index contributed by atoms with van der Waals surface area (Å²) in [7, 11) is -3.83. The van der Waals surface area contributed by atoms with Crippen molar-refractivity contribution in [1.82, 2.24) is 4.72 Å². The number of sulfonamides is 1. The molecule has 0 spiro atoms. The van der Waals surface area contributed by atoms with Gasteiger partial charge in [-0.1, -0.05) is 13.0 Å². The number of nitrogens with two attached hydrogens (primary N) is 2. The van der Waals surface area contributed by atoms with Crippen molar-refractivity contribution < 1.29 is 18.3 Å². The van der Waals surface area contributed by atoms with Crippen LogP contribution in [-0.2, 0) is 21.2 Å². The minimum atomic E-state index is -3.83. The third kappa shape index (κ3) is 3.91. The van der Waals surface area contributed by atoms with Gasteiger partial charge in [0.15, 0.2) is 0 Å². The molecule has 0 aliphatic rings. The molecular weight excluding hydrogens is 270 g/mol. The lowest BCUT2D eigenvalue weighted by molar-refractivity contribution is -0.125. The molecule has 1 atom stereocenters. The molecule has 106 valence electrons. The van der Waals surface area contributed by atoms with Crippen LogP contribution in [0.2, 0.25) is 0 Å². The fraction of sp³-hybridized carbons (Fsp3) is 0.364. The summed E-state index contributed by atoms with van der Waals surface area (Å²) in [5.41, 5.74) is 11.8. The second-order valence-corrected chi connectivity index (χ2v) is 5.75. The minimum Gasteiger partial charge on any atom is -0.398 e. The molecule has 7 nitrogen and oxygen atoms in total. The van der Waals surface area contributed by atoms with Crippen LogP contribution >= 0.6 is 0 Å². The van der Waals surface area contributed by atoms with Gasteiger partial charge in [-0.2, -0.15) is 0 Å². The molecule has 0 fully saturated rings. The summed E-state index contributed by atoms with van der Waals surface area (Å²) in [6.45, 7) is 1.43.